The van der Waals surface area contributed by atoms with Gasteiger partial charge < -0.3 is 19.6 Å². The fraction of sp³-hybridized carbons (Fsp3) is 0.333. The number of aryl methyl sites for hydroxylation is 2. The number of rotatable bonds is 13. The molecule has 4 aliphatic heterocycles. The molecule has 3 fully saturated rings. The number of para-hydroxylation sites is 1. The summed E-state index contributed by atoms with van der Waals surface area (Å²) < 4.78 is 7.73. The van der Waals surface area contributed by atoms with Gasteiger partial charge in [0, 0.05) is 68.7 Å². The Bertz CT molecular complexity index is 2180. The maximum atomic E-state index is 13.3. The number of nitrogens with one attached hydrogen (secondary N) is 1. The molecular weight excluding hydrogens is 692 g/mol. The molecule has 15 nitrogen and oxygen atoms in total. The predicted molar refractivity (Wildman–Crippen MR) is 193 cm³/mol. The first-order valence-corrected chi connectivity index (χ1v) is 18.1. The molecule has 0 spiro atoms. The number of carbonyl (C=O) groups is 5. The van der Waals surface area contributed by atoms with Gasteiger partial charge in [0.25, 0.3) is 11.8 Å². The maximum Gasteiger partial charge on any atom is 0.266 e. The third-order valence-corrected chi connectivity index (χ3v) is 10.4. The van der Waals surface area contributed by atoms with Crippen LogP contribution in [0.4, 0.5) is 5.82 Å². The van der Waals surface area contributed by atoms with Crippen LogP contribution in [0.5, 0.6) is 11.5 Å². The second-order valence-electron chi connectivity index (χ2n) is 13.9. The van der Waals surface area contributed by atoms with Gasteiger partial charge in [-0.1, -0.05) is 29.5 Å². The summed E-state index contributed by atoms with van der Waals surface area (Å²) in [6, 6.07) is 17.0. The van der Waals surface area contributed by atoms with E-state index < -0.39 is 29.7 Å². The summed E-state index contributed by atoms with van der Waals surface area (Å²) >= 11 is 0. The van der Waals surface area contributed by atoms with Crippen molar-refractivity contribution in [3.8, 4) is 11.5 Å². The third-order valence-electron chi connectivity index (χ3n) is 10.4. The van der Waals surface area contributed by atoms with Gasteiger partial charge in [-0.2, -0.15) is 0 Å². The van der Waals surface area contributed by atoms with E-state index in [-0.39, 0.29) is 53.9 Å². The molecule has 0 aliphatic carbocycles. The molecule has 4 amide bonds. The number of ketones is 1. The highest BCUT2D eigenvalue weighted by Gasteiger charge is 2.46. The Morgan fingerprint density at radius 3 is 2.61 bits per heavy atom. The van der Waals surface area contributed by atoms with E-state index in [1.54, 1.807) is 35.0 Å². The summed E-state index contributed by atoms with van der Waals surface area (Å²) in [4.78, 5) is 73.4. The highest BCUT2D eigenvalue weighted by Crippen LogP contribution is 2.35. The van der Waals surface area contributed by atoms with Crippen molar-refractivity contribution in [2.75, 3.05) is 24.6 Å². The SMILES string of the molecule is O=C1CCC(N2C(=O)c3cccc(OCCc4cn(CCCc5cccc(N6C[C@H]7C[C@@H]6CN7/C=C/C(=O)c6ccccc6O)n5)nn4)c3C2=O)C(=O)N1. The summed E-state index contributed by atoms with van der Waals surface area (Å²) in [5.41, 5.74) is 2.28. The third kappa shape index (κ3) is 6.79. The van der Waals surface area contributed by atoms with Crippen LogP contribution in [0.25, 0.3) is 0 Å². The molecule has 2 aromatic carbocycles. The monoisotopic (exact) mass is 730 g/mol. The number of hydrogen-bond acceptors (Lipinski definition) is 12. The number of fused-ring (bicyclic) bond motifs is 3. The second kappa shape index (κ2) is 14.6. The minimum atomic E-state index is -1.04. The molecule has 4 aromatic rings. The number of benzene rings is 2. The molecule has 0 saturated carbocycles. The van der Waals surface area contributed by atoms with Crippen LogP contribution >= 0.6 is 0 Å². The highest BCUT2D eigenvalue weighted by molar-refractivity contribution is 6.24. The molecule has 2 N–H and O–H groups in total. The smallest absolute Gasteiger partial charge is 0.266 e. The van der Waals surface area contributed by atoms with Crippen LogP contribution in [0.1, 0.15) is 68.1 Å². The number of anilines is 1. The first kappa shape index (κ1) is 34.7. The Morgan fingerprint density at radius 2 is 1.80 bits per heavy atom. The first-order valence-electron chi connectivity index (χ1n) is 18.1. The van der Waals surface area contributed by atoms with E-state index in [9.17, 15) is 29.1 Å². The van der Waals surface area contributed by atoms with Gasteiger partial charge in [0.15, 0.2) is 5.78 Å². The van der Waals surface area contributed by atoms with Crippen molar-refractivity contribution in [3.05, 3.63) is 107 Å². The van der Waals surface area contributed by atoms with Crippen LogP contribution in [0.3, 0.4) is 0 Å². The molecule has 1 unspecified atom stereocenters. The van der Waals surface area contributed by atoms with Gasteiger partial charge in [-0.3, -0.25) is 38.9 Å². The normalized spacial score (nSPS) is 20.7. The van der Waals surface area contributed by atoms with E-state index in [1.165, 1.54) is 18.2 Å². The van der Waals surface area contributed by atoms with Crippen molar-refractivity contribution < 1.29 is 33.8 Å². The van der Waals surface area contributed by atoms with E-state index in [2.05, 4.69) is 25.4 Å². The molecule has 15 heteroatoms. The predicted octanol–water partition coefficient (Wildman–Crippen LogP) is 2.69. The number of aromatic nitrogens is 4. The molecule has 0 radical (unpaired) electrons. The number of carbonyl (C=O) groups excluding carboxylic acids is 5. The fourth-order valence-electron chi connectivity index (χ4n) is 7.72. The first-order chi connectivity index (χ1) is 26.2. The second-order valence-corrected chi connectivity index (χ2v) is 13.9. The van der Waals surface area contributed by atoms with Crippen molar-refractivity contribution >= 4 is 35.2 Å². The fourth-order valence-corrected chi connectivity index (χ4v) is 7.72. The summed E-state index contributed by atoms with van der Waals surface area (Å²) in [7, 11) is 0. The van der Waals surface area contributed by atoms with Crippen LogP contribution in [-0.2, 0) is 29.0 Å². The number of hydrogen-bond donors (Lipinski definition) is 2. The van der Waals surface area contributed by atoms with Gasteiger partial charge >= 0.3 is 0 Å². The van der Waals surface area contributed by atoms with E-state index in [0.717, 1.165) is 48.8 Å². The topological polar surface area (TPSA) is 180 Å². The summed E-state index contributed by atoms with van der Waals surface area (Å²) in [6.45, 7) is 2.46. The number of likely N-dealkylation sites (tertiary alicyclic amines) is 1. The molecule has 4 aliphatic rings. The molecule has 3 saturated heterocycles. The zero-order valence-electron chi connectivity index (χ0n) is 29.3. The van der Waals surface area contributed by atoms with Gasteiger partial charge in [-0.05, 0) is 62.1 Å². The van der Waals surface area contributed by atoms with Crippen molar-refractivity contribution in [1.82, 2.24) is 35.1 Å². The number of piperidine rings is 1. The number of allylic oxidation sites excluding steroid dienone is 1. The number of ether oxygens (including phenoxy) is 1. The molecule has 3 atom stereocenters. The molecule has 8 rings (SSSR count). The minimum Gasteiger partial charge on any atom is -0.507 e. The summed E-state index contributed by atoms with van der Waals surface area (Å²) in [5, 5.41) is 20.7. The minimum absolute atomic E-state index is 0.0167. The molecule has 276 valence electrons. The molecule has 2 bridgehead atoms. The Hall–Kier alpha value is -6.38. The zero-order valence-corrected chi connectivity index (χ0v) is 29.3. The lowest BCUT2D eigenvalue weighted by Crippen LogP contribution is -2.54. The standard InChI is InChI=1S/C39H38N8O7/c48-31-10-2-1-8-28(31)32(49)15-18-44-22-27-20-26(44)23-46(27)34-12-3-6-24(40-34)7-5-17-45-21-25(42-43-45)16-19-54-33-11-4-9-29-36(33)39(53)47(38(29)52)30-13-14-35(50)41-37(30)51/h1-4,6,8-12,15,18,21,26-27,30,48H,5,7,13-14,16-17,19-20,22-23H2,(H,41,50,51)/b18-15+/t26-,27-,30?/m1/s1. The highest BCUT2D eigenvalue weighted by atomic mass is 16.5. The maximum absolute atomic E-state index is 13.3. The van der Waals surface area contributed by atoms with Crippen LogP contribution in [-0.4, -0.2) is 102 Å². The Kier molecular flexibility index (Phi) is 9.36. The molecule has 2 aromatic heterocycles. The van der Waals surface area contributed by atoms with Crippen molar-refractivity contribution in [1.29, 1.82) is 0 Å². The van der Waals surface area contributed by atoms with Crippen molar-refractivity contribution in [2.45, 2.75) is 63.2 Å². The lowest BCUT2D eigenvalue weighted by Gasteiger charge is -2.34. The quantitative estimate of drug-likeness (QED) is 0.117. The van der Waals surface area contributed by atoms with Crippen LogP contribution in [0, 0.1) is 0 Å². The van der Waals surface area contributed by atoms with E-state index in [4.69, 9.17) is 9.72 Å². The number of imide groups is 2. The van der Waals surface area contributed by atoms with E-state index in [0.29, 0.717) is 30.3 Å². The lowest BCUT2D eigenvalue weighted by molar-refractivity contribution is -0.136. The van der Waals surface area contributed by atoms with Gasteiger partial charge in [0.2, 0.25) is 11.8 Å². The Morgan fingerprint density at radius 1 is 0.944 bits per heavy atom. The number of amides is 4. The van der Waals surface area contributed by atoms with Gasteiger partial charge in [-0.15, -0.1) is 5.10 Å². The van der Waals surface area contributed by atoms with Crippen molar-refractivity contribution in [2.24, 2.45) is 0 Å². The average Bonchev–Trinajstić information content (AvgIpc) is 3.96. The number of piperazine rings is 1. The Labute approximate surface area is 310 Å². The van der Waals surface area contributed by atoms with Gasteiger partial charge in [-0.25, -0.2) is 4.98 Å². The van der Waals surface area contributed by atoms with Gasteiger partial charge in [0.1, 0.15) is 23.4 Å². The van der Waals surface area contributed by atoms with Crippen molar-refractivity contribution in [3.63, 3.8) is 0 Å². The van der Waals surface area contributed by atoms with Crippen LogP contribution in [0.15, 0.2) is 79.1 Å². The Balaban J connectivity index is 0.800. The number of aromatic hydroxyl groups is 1. The molecule has 6 heterocycles. The van der Waals surface area contributed by atoms with Crippen LogP contribution < -0.4 is 15.0 Å². The summed E-state index contributed by atoms with van der Waals surface area (Å²) in [5.74, 6) is -1.32. The number of nitrogens with zero attached hydrogens (tertiary/aromatic N) is 7. The van der Waals surface area contributed by atoms with Crippen LogP contribution in [0.2, 0.25) is 0 Å². The zero-order chi connectivity index (χ0) is 37.3. The number of phenolic OH excluding ortho intramolecular Hbond substituents is 1. The van der Waals surface area contributed by atoms with E-state index in [1.807, 2.05) is 30.6 Å². The number of pyridine rings is 1. The number of phenols is 1. The lowest BCUT2D eigenvalue weighted by atomic mass is 10.0. The van der Waals surface area contributed by atoms with Gasteiger partial charge in [0.05, 0.1) is 29.0 Å². The van der Waals surface area contributed by atoms with E-state index >= 15 is 0 Å². The molecular formula is C39H38N8O7. The molecule has 54 heavy (non-hydrogen) atoms. The largest absolute Gasteiger partial charge is 0.507 e. The summed E-state index contributed by atoms with van der Waals surface area (Å²) in [6.07, 6.45) is 8.36. The average molecular weight is 731 g/mol.